The van der Waals surface area contributed by atoms with Gasteiger partial charge in [0.25, 0.3) is 0 Å². The van der Waals surface area contributed by atoms with Crippen LogP contribution in [0.5, 0.6) is 0 Å². The Morgan fingerprint density at radius 3 is 2.64 bits per heavy atom. The van der Waals surface area contributed by atoms with Gasteiger partial charge in [0.1, 0.15) is 9.71 Å². The molecule has 188 valence electrons. The second kappa shape index (κ2) is 10.0. The van der Waals surface area contributed by atoms with Gasteiger partial charge in [-0.15, -0.1) is 11.3 Å². The standard InChI is InChI=1S/C28H31N3O4S/c1-17-7-9-21(10-8-17)14-31-27-23(19(3)29-31)13-26(36-27)28(33)35-16-25(32)24-12-18(2)30(20(24)4)15-22-6-5-11-34-22/h7-10,12-13,22H,5-6,11,14-16H2,1-4H3. The van der Waals surface area contributed by atoms with Crippen LogP contribution in [0.2, 0.25) is 0 Å². The molecule has 0 N–H and O–H groups in total. The monoisotopic (exact) mass is 505 g/mol. The van der Waals surface area contributed by atoms with Crippen LogP contribution in [0, 0.1) is 27.7 Å². The molecular formula is C28H31N3O4S. The summed E-state index contributed by atoms with van der Waals surface area (Å²) in [6.07, 6.45) is 2.30. The molecule has 1 aromatic carbocycles. The zero-order chi connectivity index (χ0) is 25.4. The van der Waals surface area contributed by atoms with E-state index in [4.69, 9.17) is 9.47 Å². The summed E-state index contributed by atoms with van der Waals surface area (Å²) in [4.78, 5) is 27.2. The molecule has 0 radical (unpaired) electrons. The molecule has 4 heterocycles. The predicted molar refractivity (Wildman–Crippen MR) is 140 cm³/mol. The van der Waals surface area contributed by atoms with Crippen molar-refractivity contribution in [3.05, 3.63) is 75.0 Å². The third kappa shape index (κ3) is 4.88. The maximum Gasteiger partial charge on any atom is 0.348 e. The van der Waals surface area contributed by atoms with Crippen molar-refractivity contribution in [3.63, 3.8) is 0 Å². The summed E-state index contributed by atoms with van der Waals surface area (Å²) in [5.74, 6) is -0.683. The van der Waals surface area contributed by atoms with Gasteiger partial charge < -0.3 is 14.0 Å². The summed E-state index contributed by atoms with van der Waals surface area (Å²) < 4.78 is 15.3. The van der Waals surface area contributed by atoms with Crippen molar-refractivity contribution in [2.45, 2.75) is 59.7 Å². The SMILES string of the molecule is Cc1ccc(Cn2nc(C)c3cc(C(=O)OCC(=O)c4cc(C)n(CC5CCCO5)c4C)sc32)cc1. The predicted octanol–water partition coefficient (Wildman–Crippen LogP) is 5.40. The highest BCUT2D eigenvalue weighted by molar-refractivity contribution is 7.20. The quantitative estimate of drug-likeness (QED) is 0.237. The number of rotatable bonds is 8. The number of carbonyl (C=O) groups is 2. The lowest BCUT2D eigenvalue weighted by molar-refractivity contribution is 0.0479. The smallest absolute Gasteiger partial charge is 0.348 e. The van der Waals surface area contributed by atoms with E-state index < -0.39 is 5.97 Å². The number of fused-ring (bicyclic) bond motifs is 1. The first-order valence-electron chi connectivity index (χ1n) is 12.3. The number of hydrogen-bond donors (Lipinski definition) is 0. The Kier molecular flexibility index (Phi) is 6.81. The van der Waals surface area contributed by atoms with Gasteiger partial charge in [0.15, 0.2) is 6.61 Å². The van der Waals surface area contributed by atoms with Crippen molar-refractivity contribution in [1.82, 2.24) is 14.3 Å². The highest BCUT2D eigenvalue weighted by atomic mass is 32.1. The molecule has 4 aromatic rings. The topological polar surface area (TPSA) is 75.4 Å². The van der Waals surface area contributed by atoms with Gasteiger partial charge in [0.2, 0.25) is 5.78 Å². The zero-order valence-corrected chi connectivity index (χ0v) is 22.0. The van der Waals surface area contributed by atoms with Crippen LogP contribution in [0.1, 0.15) is 61.1 Å². The van der Waals surface area contributed by atoms with Gasteiger partial charge in [0, 0.05) is 35.5 Å². The van der Waals surface area contributed by atoms with Crippen molar-refractivity contribution < 1.29 is 19.1 Å². The second-order valence-corrected chi connectivity index (χ2v) is 10.6. The maximum atomic E-state index is 12.9. The average molecular weight is 506 g/mol. The molecule has 1 fully saturated rings. The van der Waals surface area contributed by atoms with Crippen molar-refractivity contribution >= 4 is 33.3 Å². The molecule has 5 rings (SSSR count). The van der Waals surface area contributed by atoms with E-state index in [0.717, 1.165) is 58.9 Å². The number of nitrogens with zero attached hydrogens (tertiary/aromatic N) is 3. The van der Waals surface area contributed by atoms with Crippen LogP contribution >= 0.6 is 11.3 Å². The summed E-state index contributed by atoms with van der Waals surface area (Å²) >= 11 is 1.35. The van der Waals surface area contributed by atoms with E-state index in [1.165, 1.54) is 16.9 Å². The summed E-state index contributed by atoms with van der Waals surface area (Å²) in [7, 11) is 0. The molecule has 0 aliphatic carbocycles. The molecule has 1 saturated heterocycles. The highest BCUT2D eigenvalue weighted by Crippen LogP contribution is 2.29. The lowest BCUT2D eigenvalue weighted by Crippen LogP contribution is -2.18. The third-order valence-electron chi connectivity index (χ3n) is 6.88. The fourth-order valence-electron chi connectivity index (χ4n) is 4.82. The molecule has 7 nitrogen and oxygen atoms in total. The van der Waals surface area contributed by atoms with Gasteiger partial charge in [-0.05, 0) is 58.2 Å². The first-order chi connectivity index (χ1) is 17.3. The minimum atomic E-state index is -0.487. The fraction of sp³-hybridized carbons (Fsp3) is 0.393. The van der Waals surface area contributed by atoms with Crippen LogP contribution in [-0.2, 0) is 22.6 Å². The maximum absolute atomic E-state index is 12.9. The van der Waals surface area contributed by atoms with Crippen LogP contribution < -0.4 is 0 Å². The molecular weight excluding hydrogens is 474 g/mol. The first-order valence-corrected chi connectivity index (χ1v) is 13.1. The van der Waals surface area contributed by atoms with E-state index in [2.05, 4.69) is 40.9 Å². The molecule has 36 heavy (non-hydrogen) atoms. The first kappa shape index (κ1) is 24.5. The molecule has 0 saturated carbocycles. The van der Waals surface area contributed by atoms with E-state index in [0.29, 0.717) is 17.0 Å². The Balaban J connectivity index is 1.26. The van der Waals surface area contributed by atoms with Crippen LogP contribution in [0.4, 0.5) is 0 Å². The number of thiophene rings is 1. The summed E-state index contributed by atoms with van der Waals surface area (Å²) in [5.41, 5.74) is 5.71. The van der Waals surface area contributed by atoms with E-state index in [1.54, 1.807) is 0 Å². The Bertz CT molecular complexity index is 1420. The van der Waals surface area contributed by atoms with E-state index in [-0.39, 0.29) is 18.5 Å². The number of carbonyl (C=O) groups excluding carboxylic acids is 2. The zero-order valence-electron chi connectivity index (χ0n) is 21.2. The number of Topliss-reactive ketones (excluding diaryl/α,β-unsaturated/α-hetero) is 1. The van der Waals surface area contributed by atoms with Gasteiger partial charge in [-0.3, -0.25) is 9.48 Å². The van der Waals surface area contributed by atoms with E-state index in [1.807, 2.05) is 37.6 Å². The van der Waals surface area contributed by atoms with Crippen molar-refractivity contribution in [2.24, 2.45) is 0 Å². The number of ketones is 1. The molecule has 8 heteroatoms. The van der Waals surface area contributed by atoms with Gasteiger partial charge in [-0.1, -0.05) is 29.8 Å². The molecule has 1 aliphatic rings. The summed E-state index contributed by atoms with van der Waals surface area (Å²) in [5, 5.41) is 5.58. The largest absolute Gasteiger partial charge is 0.453 e. The summed E-state index contributed by atoms with van der Waals surface area (Å²) in [6, 6.07) is 12.0. The Morgan fingerprint density at radius 1 is 1.14 bits per heavy atom. The minimum Gasteiger partial charge on any atom is -0.453 e. The van der Waals surface area contributed by atoms with Gasteiger partial charge in [0.05, 0.1) is 18.3 Å². The molecule has 1 aliphatic heterocycles. The normalized spacial score (nSPS) is 15.6. The number of benzene rings is 1. The van der Waals surface area contributed by atoms with Gasteiger partial charge in [-0.2, -0.15) is 5.10 Å². The van der Waals surface area contributed by atoms with Crippen LogP contribution in [0.15, 0.2) is 36.4 Å². The van der Waals surface area contributed by atoms with E-state index >= 15 is 0 Å². The van der Waals surface area contributed by atoms with Crippen LogP contribution in [0.3, 0.4) is 0 Å². The Morgan fingerprint density at radius 2 is 1.92 bits per heavy atom. The van der Waals surface area contributed by atoms with Crippen molar-refractivity contribution in [1.29, 1.82) is 0 Å². The van der Waals surface area contributed by atoms with E-state index in [9.17, 15) is 9.59 Å². The van der Waals surface area contributed by atoms with Gasteiger partial charge >= 0.3 is 5.97 Å². The second-order valence-electron chi connectivity index (χ2n) is 9.59. The molecule has 0 spiro atoms. The number of aryl methyl sites for hydroxylation is 3. The van der Waals surface area contributed by atoms with Crippen LogP contribution in [-0.4, -0.2) is 45.4 Å². The molecule has 3 aromatic heterocycles. The molecule has 1 unspecified atom stereocenters. The lowest BCUT2D eigenvalue weighted by Gasteiger charge is -2.14. The van der Waals surface area contributed by atoms with Crippen LogP contribution in [0.25, 0.3) is 10.2 Å². The fourth-order valence-corrected chi connectivity index (χ4v) is 5.88. The van der Waals surface area contributed by atoms with Gasteiger partial charge in [-0.25, -0.2) is 4.79 Å². The van der Waals surface area contributed by atoms with Crippen molar-refractivity contribution in [3.8, 4) is 0 Å². The van der Waals surface area contributed by atoms with Crippen molar-refractivity contribution in [2.75, 3.05) is 13.2 Å². The number of aromatic nitrogens is 3. The minimum absolute atomic E-state index is 0.189. The molecule has 1 atom stereocenters. The summed E-state index contributed by atoms with van der Waals surface area (Å²) in [6.45, 7) is 9.80. The average Bonchev–Trinajstić information content (AvgIpc) is 3.63. The molecule has 0 amide bonds. The number of hydrogen-bond acceptors (Lipinski definition) is 6. The third-order valence-corrected chi connectivity index (χ3v) is 8.01. The Labute approximate surface area is 214 Å². The lowest BCUT2D eigenvalue weighted by atomic mass is 10.1. The number of ether oxygens (including phenoxy) is 2. The number of esters is 1. The molecule has 0 bridgehead atoms. The Hall–Kier alpha value is -3.23. The highest BCUT2D eigenvalue weighted by Gasteiger charge is 2.23.